The van der Waals surface area contributed by atoms with Gasteiger partial charge in [0.05, 0.1) is 13.2 Å². The summed E-state index contributed by atoms with van der Waals surface area (Å²) in [7, 11) is -6.37. The molecule has 0 bridgehead atoms. The van der Waals surface area contributed by atoms with Gasteiger partial charge in [-0.3, -0.25) is 0 Å². The van der Waals surface area contributed by atoms with Crippen molar-refractivity contribution in [1.29, 1.82) is 0 Å². The maximum absolute atomic E-state index is 13.3. The Kier molecular flexibility index (Phi) is 8.17. The Bertz CT molecular complexity index is 742. The number of hydrogen-bond donors (Lipinski definition) is 0. The average molecular weight is 467 g/mol. The highest BCUT2D eigenvalue weighted by molar-refractivity contribution is 7.86. The van der Waals surface area contributed by atoms with Gasteiger partial charge in [-0.1, -0.05) is 6.58 Å². The van der Waals surface area contributed by atoms with Crippen LogP contribution in [0, 0.1) is 0 Å². The predicted octanol–water partition coefficient (Wildman–Crippen LogP) is 2.01. The second kappa shape index (κ2) is 8.78. The highest BCUT2D eigenvalue weighted by Gasteiger charge is 2.68. The van der Waals surface area contributed by atoms with E-state index in [2.05, 4.69) is 20.8 Å². The third-order valence-electron chi connectivity index (χ3n) is 2.81. The Morgan fingerprint density at radius 2 is 1.52 bits per heavy atom. The zero-order chi connectivity index (χ0) is 23.5. The van der Waals surface area contributed by atoms with Crippen molar-refractivity contribution in [3.63, 3.8) is 0 Å². The summed E-state index contributed by atoms with van der Waals surface area (Å²) in [5.41, 5.74) is -2.52. The first-order valence-corrected chi connectivity index (χ1v) is 8.34. The molecule has 1 atom stereocenters. The van der Waals surface area contributed by atoms with Crippen molar-refractivity contribution < 1.29 is 71.9 Å². The van der Waals surface area contributed by atoms with E-state index in [1.807, 2.05) is 0 Å². The van der Waals surface area contributed by atoms with E-state index in [4.69, 9.17) is 0 Å². The standard InChI is InChI=1S/C12H12F8O8S/c1-3-26-8(22)10(12(18,19)20,28-7(21)6(2)11(15,16)17)27-5-4-9(13,14)29(23,24)25/h2-5H2,1H3,(H,23,24,25)/p-1. The van der Waals surface area contributed by atoms with Crippen molar-refractivity contribution >= 4 is 22.1 Å². The van der Waals surface area contributed by atoms with E-state index < -0.39 is 70.7 Å². The number of esters is 2. The van der Waals surface area contributed by atoms with E-state index in [9.17, 15) is 57.7 Å². The van der Waals surface area contributed by atoms with Gasteiger partial charge in [-0.2, -0.15) is 35.1 Å². The average Bonchev–Trinajstić information content (AvgIpc) is 2.49. The van der Waals surface area contributed by atoms with Crippen LogP contribution >= 0.6 is 0 Å². The van der Waals surface area contributed by atoms with Crippen molar-refractivity contribution in [3.8, 4) is 0 Å². The van der Waals surface area contributed by atoms with Crippen LogP contribution in [0.1, 0.15) is 13.3 Å². The zero-order valence-corrected chi connectivity index (χ0v) is 14.8. The van der Waals surface area contributed by atoms with E-state index in [1.165, 1.54) is 0 Å². The molecule has 0 N–H and O–H groups in total. The largest absolute Gasteiger partial charge is 0.743 e. The summed E-state index contributed by atoms with van der Waals surface area (Å²) in [6.07, 6.45) is -14.1. The number of halogens is 8. The fourth-order valence-corrected chi connectivity index (χ4v) is 1.69. The van der Waals surface area contributed by atoms with Crippen LogP contribution in [-0.4, -0.2) is 61.5 Å². The topological polar surface area (TPSA) is 119 Å². The monoisotopic (exact) mass is 467 g/mol. The van der Waals surface area contributed by atoms with Gasteiger partial charge in [-0.05, 0) is 6.92 Å². The quantitative estimate of drug-likeness (QED) is 0.166. The highest BCUT2D eigenvalue weighted by atomic mass is 32.2. The fraction of sp³-hybridized carbons (Fsp3) is 0.667. The Balaban J connectivity index is 6.01. The molecule has 0 aliphatic rings. The number of alkyl halides is 8. The smallest absolute Gasteiger partial charge is 0.468 e. The number of carbonyl (C=O) groups excluding carboxylic acids is 2. The van der Waals surface area contributed by atoms with Gasteiger partial charge < -0.3 is 18.8 Å². The molecule has 0 heterocycles. The molecule has 0 radical (unpaired) electrons. The van der Waals surface area contributed by atoms with Crippen LogP contribution in [0.3, 0.4) is 0 Å². The van der Waals surface area contributed by atoms with Crippen LogP contribution in [0.15, 0.2) is 12.2 Å². The lowest BCUT2D eigenvalue weighted by Gasteiger charge is -2.33. The summed E-state index contributed by atoms with van der Waals surface area (Å²) < 4.78 is 145. The second-order valence-electron chi connectivity index (χ2n) is 4.89. The van der Waals surface area contributed by atoms with E-state index in [1.54, 1.807) is 0 Å². The molecule has 170 valence electrons. The molecule has 0 aliphatic carbocycles. The maximum atomic E-state index is 13.3. The molecule has 17 heteroatoms. The molecular formula is C12H11F8O8S-. The zero-order valence-electron chi connectivity index (χ0n) is 14.0. The van der Waals surface area contributed by atoms with E-state index in [0.717, 1.165) is 6.92 Å². The molecule has 1 unspecified atom stereocenters. The highest BCUT2D eigenvalue weighted by Crippen LogP contribution is 2.39. The van der Waals surface area contributed by atoms with Crippen LogP contribution in [-0.2, 0) is 33.9 Å². The fourth-order valence-electron chi connectivity index (χ4n) is 1.36. The Morgan fingerprint density at radius 3 is 1.86 bits per heavy atom. The van der Waals surface area contributed by atoms with Gasteiger partial charge in [-0.15, -0.1) is 0 Å². The van der Waals surface area contributed by atoms with E-state index in [-0.39, 0.29) is 0 Å². The minimum Gasteiger partial charge on any atom is -0.743 e. The third kappa shape index (κ3) is 6.49. The Hall–Kier alpha value is -2.01. The second-order valence-corrected chi connectivity index (χ2v) is 6.40. The van der Waals surface area contributed by atoms with Crippen molar-refractivity contribution in [2.45, 2.75) is 36.7 Å². The molecule has 29 heavy (non-hydrogen) atoms. The summed E-state index contributed by atoms with van der Waals surface area (Å²) in [4.78, 5) is 23.0. The SMILES string of the molecule is C=C(C(=O)OC(OCCC(F)(F)S(=O)(=O)[O-])(C(=O)OCC)C(F)(F)F)C(F)(F)F. The van der Waals surface area contributed by atoms with Gasteiger partial charge >= 0.3 is 35.3 Å². The Morgan fingerprint density at radius 1 is 1.03 bits per heavy atom. The number of rotatable bonds is 9. The summed E-state index contributed by atoms with van der Waals surface area (Å²) in [6, 6.07) is 0. The molecule has 0 saturated carbocycles. The first-order chi connectivity index (χ1) is 12.7. The molecular weight excluding hydrogens is 456 g/mol. The summed E-state index contributed by atoms with van der Waals surface area (Å²) in [5.74, 6) is -10.5. The van der Waals surface area contributed by atoms with Crippen molar-refractivity contribution in [2.24, 2.45) is 0 Å². The third-order valence-corrected chi connectivity index (χ3v) is 3.74. The lowest BCUT2D eigenvalue weighted by Crippen LogP contribution is -2.59. The molecule has 0 aromatic heterocycles. The normalized spacial score (nSPS) is 15.4. The van der Waals surface area contributed by atoms with Gasteiger partial charge in [0.15, 0.2) is 10.1 Å². The van der Waals surface area contributed by atoms with Crippen LogP contribution in [0.4, 0.5) is 35.1 Å². The summed E-state index contributed by atoms with van der Waals surface area (Å²) >= 11 is 0. The number of carbonyl (C=O) groups is 2. The molecule has 0 saturated heterocycles. The lowest BCUT2D eigenvalue weighted by atomic mass is 10.2. The van der Waals surface area contributed by atoms with Crippen molar-refractivity contribution in [3.05, 3.63) is 12.2 Å². The number of ether oxygens (including phenoxy) is 3. The molecule has 0 aliphatic heterocycles. The maximum Gasteiger partial charge on any atom is 0.468 e. The predicted molar refractivity (Wildman–Crippen MR) is 71.9 cm³/mol. The lowest BCUT2D eigenvalue weighted by molar-refractivity contribution is -0.356. The Labute approximate surface area is 157 Å². The van der Waals surface area contributed by atoms with E-state index >= 15 is 0 Å². The van der Waals surface area contributed by atoms with Crippen LogP contribution in [0.5, 0.6) is 0 Å². The van der Waals surface area contributed by atoms with Crippen LogP contribution in [0.2, 0.25) is 0 Å². The molecule has 0 spiro atoms. The summed E-state index contributed by atoms with van der Waals surface area (Å²) in [6.45, 7) is 0.115. The first kappa shape index (κ1) is 27.0. The van der Waals surface area contributed by atoms with Gasteiger partial charge in [0.2, 0.25) is 0 Å². The van der Waals surface area contributed by atoms with Crippen molar-refractivity contribution in [2.75, 3.05) is 13.2 Å². The van der Waals surface area contributed by atoms with Gasteiger partial charge in [-0.25, -0.2) is 18.0 Å². The van der Waals surface area contributed by atoms with Crippen LogP contribution < -0.4 is 0 Å². The molecule has 0 aromatic rings. The molecule has 0 aromatic carbocycles. The van der Waals surface area contributed by atoms with Crippen LogP contribution in [0.25, 0.3) is 0 Å². The number of hydrogen-bond acceptors (Lipinski definition) is 8. The molecule has 8 nitrogen and oxygen atoms in total. The van der Waals surface area contributed by atoms with Gasteiger partial charge in [0.25, 0.3) is 0 Å². The van der Waals surface area contributed by atoms with Crippen molar-refractivity contribution in [1.82, 2.24) is 0 Å². The van der Waals surface area contributed by atoms with E-state index in [0.29, 0.717) is 0 Å². The molecule has 0 amide bonds. The van der Waals surface area contributed by atoms with Gasteiger partial charge in [0.1, 0.15) is 5.57 Å². The summed E-state index contributed by atoms with van der Waals surface area (Å²) in [5, 5.41) is -5.18. The minimum atomic E-state index is -6.37. The molecule has 0 fully saturated rings. The first-order valence-electron chi connectivity index (χ1n) is 6.93. The minimum absolute atomic E-state index is 0.858. The molecule has 0 rings (SSSR count). The van der Waals surface area contributed by atoms with Gasteiger partial charge in [0, 0.05) is 6.42 Å².